The van der Waals surface area contributed by atoms with Crippen molar-refractivity contribution in [3.05, 3.63) is 45.6 Å². The van der Waals surface area contributed by atoms with Gasteiger partial charge in [0.15, 0.2) is 0 Å². The minimum Gasteiger partial charge on any atom is -0.466 e. The number of benzene rings is 1. The lowest BCUT2D eigenvalue weighted by atomic mass is 9.95. The number of hydrogen-bond donors (Lipinski definition) is 1. The molecule has 1 aliphatic heterocycles. The molecule has 1 atom stereocenters. The fourth-order valence-corrected chi connectivity index (χ4v) is 2.85. The molecule has 7 nitrogen and oxygen atoms in total. The monoisotopic (exact) mass is 410 g/mol. The van der Waals surface area contributed by atoms with Crippen molar-refractivity contribution in [1.29, 1.82) is 0 Å². The highest BCUT2D eigenvalue weighted by atomic mass is 79.9. The van der Waals surface area contributed by atoms with E-state index in [0.717, 1.165) is 10.0 Å². The maximum absolute atomic E-state index is 12.5. The molecule has 0 fully saturated rings. The fourth-order valence-electron chi connectivity index (χ4n) is 2.59. The molecule has 1 aromatic rings. The molecule has 1 aliphatic rings. The molecular formula is C17H19BrN2O5. The van der Waals surface area contributed by atoms with Gasteiger partial charge >= 0.3 is 18.0 Å². The number of methoxy groups -OCH3 is 1. The number of nitrogens with one attached hydrogen (secondary N) is 1. The molecule has 1 heterocycles. The smallest absolute Gasteiger partial charge is 0.337 e. The molecule has 0 saturated heterocycles. The van der Waals surface area contributed by atoms with Crippen LogP contribution in [0.2, 0.25) is 0 Å². The van der Waals surface area contributed by atoms with E-state index in [0.29, 0.717) is 5.70 Å². The predicted molar refractivity (Wildman–Crippen MR) is 93.5 cm³/mol. The Hall–Kier alpha value is -2.35. The van der Waals surface area contributed by atoms with Gasteiger partial charge < -0.3 is 14.8 Å². The Morgan fingerprint density at radius 3 is 2.48 bits per heavy atom. The van der Waals surface area contributed by atoms with E-state index < -0.39 is 24.0 Å². The number of esters is 2. The van der Waals surface area contributed by atoms with E-state index >= 15 is 0 Å². The van der Waals surface area contributed by atoms with Crippen LogP contribution in [0.1, 0.15) is 25.5 Å². The van der Waals surface area contributed by atoms with Gasteiger partial charge in [0.2, 0.25) is 0 Å². The molecule has 0 radical (unpaired) electrons. The molecule has 134 valence electrons. The van der Waals surface area contributed by atoms with Crippen LogP contribution in [0.15, 0.2) is 40.0 Å². The summed E-state index contributed by atoms with van der Waals surface area (Å²) >= 11 is 3.35. The van der Waals surface area contributed by atoms with Crippen LogP contribution in [-0.4, -0.2) is 43.1 Å². The molecular weight excluding hydrogens is 392 g/mol. The number of rotatable bonds is 5. The summed E-state index contributed by atoms with van der Waals surface area (Å²) in [6, 6.07) is 6.09. The van der Waals surface area contributed by atoms with E-state index in [1.807, 2.05) is 12.1 Å². The first kappa shape index (κ1) is 19.0. The third kappa shape index (κ3) is 4.19. The van der Waals surface area contributed by atoms with Gasteiger partial charge in [0.25, 0.3) is 0 Å². The maximum Gasteiger partial charge on any atom is 0.337 e. The zero-order valence-electron chi connectivity index (χ0n) is 14.2. The zero-order chi connectivity index (χ0) is 18.6. The lowest BCUT2D eigenvalue weighted by Crippen LogP contribution is -2.49. The van der Waals surface area contributed by atoms with Crippen molar-refractivity contribution in [2.45, 2.75) is 19.9 Å². The van der Waals surface area contributed by atoms with E-state index in [9.17, 15) is 14.4 Å². The van der Waals surface area contributed by atoms with Crippen LogP contribution in [0.4, 0.5) is 4.79 Å². The average Bonchev–Trinajstić information content (AvgIpc) is 2.58. The van der Waals surface area contributed by atoms with Gasteiger partial charge in [0, 0.05) is 10.2 Å². The molecule has 0 spiro atoms. The summed E-state index contributed by atoms with van der Waals surface area (Å²) in [5, 5.41) is 2.75. The molecule has 0 saturated carbocycles. The number of nitrogens with zero attached hydrogens (tertiary/aromatic N) is 1. The van der Waals surface area contributed by atoms with Crippen molar-refractivity contribution in [1.82, 2.24) is 10.2 Å². The second-order valence-electron chi connectivity index (χ2n) is 5.32. The van der Waals surface area contributed by atoms with Crippen LogP contribution in [-0.2, 0) is 19.1 Å². The zero-order valence-corrected chi connectivity index (χ0v) is 15.8. The van der Waals surface area contributed by atoms with E-state index in [-0.39, 0.29) is 18.7 Å². The van der Waals surface area contributed by atoms with Crippen LogP contribution < -0.4 is 5.32 Å². The third-order valence-corrected chi connectivity index (χ3v) is 4.33. The largest absolute Gasteiger partial charge is 0.466 e. The number of amides is 2. The van der Waals surface area contributed by atoms with Crippen molar-refractivity contribution in [3.8, 4) is 0 Å². The molecule has 2 amide bonds. The molecule has 0 aliphatic carbocycles. The van der Waals surface area contributed by atoms with E-state index in [4.69, 9.17) is 9.47 Å². The van der Waals surface area contributed by atoms with Crippen molar-refractivity contribution in [2.75, 3.05) is 20.3 Å². The SMILES string of the molecule is CCOC(=O)CN1C(=O)N[C@@H](c2ccc(Br)cc2)C(C(=O)OC)=C1C. The van der Waals surface area contributed by atoms with Gasteiger partial charge in [-0.2, -0.15) is 0 Å². The van der Waals surface area contributed by atoms with Crippen molar-refractivity contribution in [2.24, 2.45) is 0 Å². The van der Waals surface area contributed by atoms with Crippen molar-refractivity contribution in [3.63, 3.8) is 0 Å². The van der Waals surface area contributed by atoms with Gasteiger partial charge in [-0.05, 0) is 31.5 Å². The lowest BCUT2D eigenvalue weighted by molar-refractivity contribution is -0.143. The minimum absolute atomic E-state index is 0.211. The first-order valence-electron chi connectivity index (χ1n) is 7.67. The maximum atomic E-state index is 12.5. The topological polar surface area (TPSA) is 84.9 Å². The number of carbonyl (C=O) groups excluding carboxylic acids is 3. The Morgan fingerprint density at radius 2 is 1.92 bits per heavy atom. The number of urea groups is 1. The summed E-state index contributed by atoms with van der Waals surface area (Å²) in [5.41, 5.74) is 1.36. The van der Waals surface area contributed by atoms with Crippen LogP contribution in [0.5, 0.6) is 0 Å². The quantitative estimate of drug-likeness (QED) is 0.753. The molecule has 2 rings (SSSR count). The second-order valence-corrected chi connectivity index (χ2v) is 6.23. The lowest BCUT2D eigenvalue weighted by Gasteiger charge is -2.34. The molecule has 0 bridgehead atoms. The van der Waals surface area contributed by atoms with E-state index in [1.165, 1.54) is 12.0 Å². The van der Waals surface area contributed by atoms with Gasteiger partial charge in [0.05, 0.1) is 25.3 Å². The number of ether oxygens (including phenoxy) is 2. The first-order chi connectivity index (χ1) is 11.9. The summed E-state index contributed by atoms with van der Waals surface area (Å²) in [6.45, 7) is 3.22. The van der Waals surface area contributed by atoms with Gasteiger partial charge in [-0.1, -0.05) is 28.1 Å². The van der Waals surface area contributed by atoms with Crippen LogP contribution in [0.25, 0.3) is 0 Å². The Bertz CT molecular complexity index is 714. The van der Waals surface area contributed by atoms with Crippen LogP contribution >= 0.6 is 15.9 Å². The minimum atomic E-state index is -0.661. The Labute approximate surface area is 154 Å². The van der Waals surface area contributed by atoms with Gasteiger partial charge in [-0.15, -0.1) is 0 Å². The predicted octanol–water partition coefficient (Wildman–Crippen LogP) is 2.53. The van der Waals surface area contributed by atoms with Crippen LogP contribution in [0, 0.1) is 0 Å². The van der Waals surface area contributed by atoms with Crippen molar-refractivity contribution < 1.29 is 23.9 Å². The molecule has 25 heavy (non-hydrogen) atoms. The summed E-state index contributed by atoms with van der Waals surface area (Å²) < 4.78 is 10.6. The highest BCUT2D eigenvalue weighted by Crippen LogP contribution is 2.31. The number of halogens is 1. The molecule has 0 unspecified atom stereocenters. The summed E-state index contributed by atoms with van der Waals surface area (Å²) in [4.78, 5) is 37.7. The van der Waals surface area contributed by atoms with Crippen LogP contribution in [0.3, 0.4) is 0 Å². The second kappa shape index (κ2) is 8.15. The number of allylic oxidation sites excluding steroid dienone is 1. The van der Waals surface area contributed by atoms with Crippen molar-refractivity contribution >= 4 is 33.9 Å². The Balaban J connectivity index is 2.44. The fraction of sp³-hybridized carbons (Fsp3) is 0.353. The summed E-state index contributed by atoms with van der Waals surface area (Å²) in [7, 11) is 1.27. The highest BCUT2D eigenvalue weighted by Gasteiger charge is 2.37. The summed E-state index contributed by atoms with van der Waals surface area (Å²) in [5.74, 6) is -1.12. The van der Waals surface area contributed by atoms with Gasteiger partial charge in [-0.3, -0.25) is 9.69 Å². The normalized spacial score (nSPS) is 17.2. The number of carbonyl (C=O) groups is 3. The molecule has 1 N–H and O–H groups in total. The molecule has 0 aromatic heterocycles. The standard InChI is InChI=1S/C17H19BrN2O5/c1-4-25-13(21)9-20-10(2)14(16(22)24-3)15(19-17(20)23)11-5-7-12(18)8-6-11/h5-8,15H,4,9H2,1-3H3,(H,19,23)/t15-/m0/s1. The van der Waals surface area contributed by atoms with E-state index in [2.05, 4.69) is 21.2 Å². The number of hydrogen-bond acceptors (Lipinski definition) is 5. The van der Waals surface area contributed by atoms with E-state index in [1.54, 1.807) is 26.0 Å². The summed E-state index contributed by atoms with van der Waals surface area (Å²) in [6.07, 6.45) is 0. The molecule has 1 aromatic carbocycles. The first-order valence-corrected chi connectivity index (χ1v) is 8.46. The van der Waals surface area contributed by atoms with Gasteiger partial charge in [0.1, 0.15) is 6.54 Å². The third-order valence-electron chi connectivity index (χ3n) is 3.80. The Kier molecular flexibility index (Phi) is 6.19. The molecule has 8 heteroatoms. The highest BCUT2D eigenvalue weighted by molar-refractivity contribution is 9.10. The average molecular weight is 411 g/mol. The Morgan fingerprint density at radius 1 is 1.28 bits per heavy atom. The van der Waals surface area contributed by atoms with Gasteiger partial charge in [-0.25, -0.2) is 9.59 Å².